The number of nitrogen functional groups attached to an aromatic ring is 1. The summed E-state index contributed by atoms with van der Waals surface area (Å²) in [5.41, 5.74) is 7.72. The zero-order chi connectivity index (χ0) is 17.5. The van der Waals surface area contributed by atoms with E-state index in [1.807, 2.05) is 6.92 Å². The van der Waals surface area contributed by atoms with E-state index in [4.69, 9.17) is 15.2 Å². The van der Waals surface area contributed by atoms with Crippen LogP contribution in [0.5, 0.6) is 11.5 Å². The van der Waals surface area contributed by atoms with Crippen molar-refractivity contribution < 1.29 is 19.4 Å². The van der Waals surface area contributed by atoms with Gasteiger partial charge in [-0.15, -0.1) is 0 Å². The van der Waals surface area contributed by atoms with Crippen molar-refractivity contribution in [1.29, 1.82) is 0 Å². The van der Waals surface area contributed by atoms with Crippen LogP contribution in [0.25, 0.3) is 11.6 Å². The molecule has 0 spiro atoms. The van der Waals surface area contributed by atoms with Gasteiger partial charge in [-0.25, -0.2) is 4.79 Å². The number of methoxy groups -OCH3 is 1. The lowest BCUT2D eigenvalue weighted by Gasteiger charge is -2.11. The van der Waals surface area contributed by atoms with E-state index in [1.54, 1.807) is 55.7 Å². The standard InChI is InChI=1S/C19H21NO4/c1-3-10-24-17-9-4-13(12-18(17)23-2)11-16(19(21)22)14-5-7-15(20)8-6-14/h4-9,11-12H,3,10,20H2,1-2H3,(H,21,22)/b16-11-. The number of carbonyl (C=O) groups is 1. The molecule has 0 radical (unpaired) electrons. The van der Waals surface area contributed by atoms with Crippen molar-refractivity contribution in [2.24, 2.45) is 0 Å². The number of anilines is 1. The predicted octanol–water partition coefficient (Wildman–Crippen LogP) is 3.69. The number of aliphatic carboxylic acids is 1. The molecule has 5 heteroatoms. The van der Waals surface area contributed by atoms with E-state index in [0.29, 0.717) is 34.9 Å². The molecule has 0 fully saturated rings. The highest BCUT2D eigenvalue weighted by atomic mass is 16.5. The molecule has 24 heavy (non-hydrogen) atoms. The van der Waals surface area contributed by atoms with Crippen LogP contribution in [0.1, 0.15) is 24.5 Å². The molecule has 2 aromatic rings. The lowest BCUT2D eigenvalue weighted by atomic mass is 10.0. The Kier molecular flexibility index (Phi) is 5.84. The number of nitrogens with two attached hydrogens (primary N) is 1. The van der Waals surface area contributed by atoms with Gasteiger partial charge >= 0.3 is 5.97 Å². The molecule has 126 valence electrons. The zero-order valence-electron chi connectivity index (χ0n) is 13.8. The number of carboxylic acids is 1. The van der Waals surface area contributed by atoms with Crippen molar-refractivity contribution >= 4 is 23.3 Å². The Hall–Kier alpha value is -2.95. The Morgan fingerprint density at radius 3 is 2.46 bits per heavy atom. The van der Waals surface area contributed by atoms with Gasteiger partial charge in [-0.1, -0.05) is 25.1 Å². The summed E-state index contributed by atoms with van der Waals surface area (Å²) in [4.78, 5) is 11.6. The molecule has 0 aliphatic rings. The highest BCUT2D eigenvalue weighted by molar-refractivity contribution is 6.20. The molecule has 2 aromatic carbocycles. The summed E-state index contributed by atoms with van der Waals surface area (Å²) in [5, 5.41) is 9.50. The molecule has 0 bridgehead atoms. The van der Waals surface area contributed by atoms with E-state index in [-0.39, 0.29) is 5.57 Å². The highest BCUT2D eigenvalue weighted by Gasteiger charge is 2.12. The molecule has 0 aliphatic heterocycles. The summed E-state index contributed by atoms with van der Waals surface area (Å²) >= 11 is 0. The predicted molar refractivity (Wildman–Crippen MR) is 95.1 cm³/mol. The molecule has 0 saturated heterocycles. The molecular formula is C19H21NO4. The average molecular weight is 327 g/mol. The van der Waals surface area contributed by atoms with Gasteiger partial charge in [0.25, 0.3) is 0 Å². The maximum Gasteiger partial charge on any atom is 0.336 e. The maximum atomic E-state index is 11.6. The van der Waals surface area contributed by atoms with Gasteiger partial charge in [0.1, 0.15) is 0 Å². The Labute approximate surface area is 141 Å². The number of benzene rings is 2. The Morgan fingerprint density at radius 2 is 1.88 bits per heavy atom. The maximum absolute atomic E-state index is 11.6. The van der Waals surface area contributed by atoms with Crippen molar-refractivity contribution in [3.8, 4) is 11.5 Å². The van der Waals surface area contributed by atoms with Gasteiger partial charge in [0.15, 0.2) is 11.5 Å². The average Bonchev–Trinajstić information content (AvgIpc) is 2.59. The first-order chi connectivity index (χ1) is 11.5. The first-order valence-electron chi connectivity index (χ1n) is 7.67. The third-order valence-corrected chi connectivity index (χ3v) is 3.41. The number of hydrogen-bond donors (Lipinski definition) is 2. The second-order valence-electron chi connectivity index (χ2n) is 5.24. The number of carboxylic acid groups (broad SMARTS) is 1. The largest absolute Gasteiger partial charge is 0.493 e. The molecule has 0 heterocycles. The summed E-state index contributed by atoms with van der Waals surface area (Å²) in [6.45, 7) is 2.62. The van der Waals surface area contributed by atoms with E-state index in [1.165, 1.54) is 0 Å². The second kappa shape index (κ2) is 8.06. The zero-order valence-corrected chi connectivity index (χ0v) is 13.8. The van der Waals surface area contributed by atoms with E-state index < -0.39 is 5.97 Å². The van der Waals surface area contributed by atoms with Gasteiger partial charge in [-0.3, -0.25) is 0 Å². The smallest absolute Gasteiger partial charge is 0.336 e. The van der Waals surface area contributed by atoms with Crippen LogP contribution in [-0.2, 0) is 4.79 Å². The van der Waals surface area contributed by atoms with Crippen LogP contribution in [0.3, 0.4) is 0 Å². The molecule has 2 rings (SSSR count). The summed E-state index contributed by atoms with van der Waals surface area (Å²) in [5.74, 6) is 0.199. The molecule has 0 amide bonds. The molecule has 5 nitrogen and oxygen atoms in total. The lowest BCUT2D eigenvalue weighted by molar-refractivity contribution is -0.130. The quantitative estimate of drug-likeness (QED) is 0.460. The fourth-order valence-corrected chi connectivity index (χ4v) is 2.20. The topological polar surface area (TPSA) is 81.8 Å². The monoisotopic (exact) mass is 327 g/mol. The third kappa shape index (κ3) is 4.29. The van der Waals surface area contributed by atoms with Crippen molar-refractivity contribution in [3.05, 3.63) is 53.6 Å². The minimum absolute atomic E-state index is 0.180. The minimum Gasteiger partial charge on any atom is -0.493 e. The van der Waals surface area contributed by atoms with E-state index in [0.717, 1.165) is 6.42 Å². The first kappa shape index (κ1) is 17.4. The van der Waals surface area contributed by atoms with Gasteiger partial charge < -0.3 is 20.3 Å². The van der Waals surface area contributed by atoms with Crippen molar-refractivity contribution in [2.45, 2.75) is 13.3 Å². The van der Waals surface area contributed by atoms with Crippen LogP contribution in [0, 0.1) is 0 Å². The highest BCUT2D eigenvalue weighted by Crippen LogP contribution is 2.30. The summed E-state index contributed by atoms with van der Waals surface area (Å²) in [6.07, 6.45) is 2.49. The molecule has 0 aromatic heterocycles. The van der Waals surface area contributed by atoms with Crippen molar-refractivity contribution in [3.63, 3.8) is 0 Å². The Balaban J connectivity index is 2.38. The van der Waals surface area contributed by atoms with E-state index in [9.17, 15) is 9.90 Å². The molecule has 0 unspecified atom stereocenters. The molecule has 3 N–H and O–H groups in total. The van der Waals surface area contributed by atoms with Crippen LogP contribution in [0.4, 0.5) is 5.69 Å². The number of rotatable bonds is 7. The van der Waals surface area contributed by atoms with Gasteiger partial charge in [0.2, 0.25) is 0 Å². The molecular weight excluding hydrogens is 306 g/mol. The Morgan fingerprint density at radius 1 is 1.17 bits per heavy atom. The summed E-state index contributed by atoms with van der Waals surface area (Å²) in [6, 6.07) is 12.1. The van der Waals surface area contributed by atoms with Crippen molar-refractivity contribution in [1.82, 2.24) is 0 Å². The van der Waals surface area contributed by atoms with Crippen LogP contribution in [0.15, 0.2) is 42.5 Å². The van der Waals surface area contributed by atoms with Gasteiger partial charge in [0, 0.05) is 5.69 Å². The van der Waals surface area contributed by atoms with Crippen molar-refractivity contribution in [2.75, 3.05) is 19.5 Å². The van der Waals surface area contributed by atoms with Crippen LogP contribution in [0.2, 0.25) is 0 Å². The number of ether oxygens (including phenoxy) is 2. The fourth-order valence-electron chi connectivity index (χ4n) is 2.20. The molecule has 0 aliphatic carbocycles. The molecule has 0 atom stereocenters. The van der Waals surface area contributed by atoms with Crippen LogP contribution in [-0.4, -0.2) is 24.8 Å². The van der Waals surface area contributed by atoms with Gasteiger partial charge in [0.05, 0.1) is 19.3 Å². The minimum atomic E-state index is -1.01. The van der Waals surface area contributed by atoms with Gasteiger partial charge in [-0.05, 0) is 47.9 Å². The second-order valence-corrected chi connectivity index (χ2v) is 5.24. The fraction of sp³-hybridized carbons (Fsp3) is 0.211. The first-order valence-corrected chi connectivity index (χ1v) is 7.67. The van der Waals surface area contributed by atoms with Gasteiger partial charge in [-0.2, -0.15) is 0 Å². The number of hydrogen-bond acceptors (Lipinski definition) is 4. The normalized spacial score (nSPS) is 11.2. The summed E-state index contributed by atoms with van der Waals surface area (Å²) in [7, 11) is 1.56. The van der Waals surface area contributed by atoms with Crippen LogP contribution < -0.4 is 15.2 Å². The third-order valence-electron chi connectivity index (χ3n) is 3.41. The van der Waals surface area contributed by atoms with Crippen LogP contribution >= 0.6 is 0 Å². The van der Waals surface area contributed by atoms with E-state index >= 15 is 0 Å². The SMILES string of the molecule is CCCOc1ccc(/C=C(\C(=O)O)c2ccc(N)cc2)cc1OC. The Bertz CT molecular complexity index is 736. The molecule has 0 saturated carbocycles. The van der Waals surface area contributed by atoms with E-state index in [2.05, 4.69) is 0 Å². The summed E-state index contributed by atoms with van der Waals surface area (Å²) < 4.78 is 10.9. The lowest BCUT2D eigenvalue weighted by Crippen LogP contribution is -2.00.